The Morgan fingerprint density at radius 2 is 1.73 bits per heavy atom. The number of rotatable bonds is 9. The van der Waals surface area contributed by atoms with Gasteiger partial charge in [-0.15, -0.1) is 11.8 Å². The van der Waals surface area contributed by atoms with Gasteiger partial charge >= 0.3 is 11.9 Å². The standard InChI is InChI=1S/C30H33Cl2N2O4S.HI/c1-20(35)38-28-29(22-12-14-23(37-4)15-13-22)39-26-11-6-5-10-25(26)34(3,30(28)36)19-18-33(2)17-16-21-8-7-9-24(31)27(21)32;/h5-15,28-29H,16-19H2,1-4H3;1H/q+1;/p-1/t28-,29+,34?;/m0./s1. The molecule has 1 aliphatic rings. The van der Waals surface area contributed by atoms with E-state index in [-0.39, 0.29) is 34.4 Å². The molecule has 4 rings (SSSR count). The maximum absolute atomic E-state index is 14.4. The summed E-state index contributed by atoms with van der Waals surface area (Å²) >= 11 is 14.1. The molecule has 0 saturated heterocycles. The summed E-state index contributed by atoms with van der Waals surface area (Å²) in [6, 6.07) is 21.2. The molecule has 0 radical (unpaired) electrons. The summed E-state index contributed by atoms with van der Waals surface area (Å²) < 4.78 is 11.1. The van der Waals surface area contributed by atoms with Crippen molar-refractivity contribution in [2.45, 2.75) is 29.6 Å². The van der Waals surface area contributed by atoms with Crippen LogP contribution in [0.5, 0.6) is 5.75 Å². The molecule has 1 unspecified atom stereocenters. The van der Waals surface area contributed by atoms with E-state index in [0.29, 0.717) is 23.1 Å². The lowest BCUT2D eigenvalue weighted by Gasteiger charge is -2.34. The minimum Gasteiger partial charge on any atom is -1.00 e. The molecule has 1 amide bonds. The number of hydrogen-bond acceptors (Lipinski definition) is 6. The Morgan fingerprint density at radius 3 is 2.40 bits per heavy atom. The van der Waals surface area contributed by atoms with E-state index in [9.17, 15) is 9.59 Å². The SMILES string of the molecule is COc1ccc([C@H]2Sc3ccccc3[N+](C)(CCN(C)CCc3cccc(Cl)c3Cl)C(=O)[C@H]2OC(C)=O)cc1.[I-]. The molecule has 3 atom stereocenters. The lowest BCUT2D eigenvalue weighted by atomic mass is 10.0. The van der Waals surface area contributed by atoms with Gasteiger partial charge in [-0.05, 0) is 48.9 Å². The van der Waals surface area contributed by atoms with Gasteiger partial charge in [0.15, 0.2) is 5.69 Å². The van der Waals surface area contributed by atoms with E-state index in [2.05, 4.69) is 4.90 Å². The number of thioether (sulfide) groups is 1. The Bertz CT molecular complexity index is 1340. The maximum atomic E-state index is 14.4. The molecule has 0 bridgehead atoms. The molecular formula is C30H33Cl2IN2O4S. The van der Waals surface area contributed by atoms with Crippen LogP contribution in [0.2, 0.25) is 10.0 Å². The quantitative estimate of drug-likeness (QED) is 0.193. The van der Waals surface area contributed by atoms with Gasteiger partial charge in [0.2, 0.25) is 6.10 Å². The molecule has 0 saturated carbocycles. The highest BCUT2D eigenvalue weighted by atomic mass is 127. The average molecular weight is 715 g/mol. The zero-order chi connectivity index (χ0) is 28.2. The normalized spacial score (nSPS) is 20.3. The van der Waals surface area contributed by atoms with Gasteiger partial charge < -0.3 is 38.4 Å². The predicted molar refractivity (Wildman–Crippen MR) is 159 cm³/mol. The van der Waals surface area contributed by atoms with Crippen molar-refractivity contribution in [2.24, 2.45) is 0 Å². The number of ether oxygens (including phenoxy) is 2. The maximum Gasteiger partial charge on any atom is 0.361 e. The zero-order valence-corrected chi connectivity index (χ0v) is 27.4. The number of carbonyl (C=O) groups is 2. The molecule has 6 nitrogen and oxygen atoms in total. The smallest absolute Gasteiger partial charge is 0.361 e. The third-order valence-corrected chi connectivity index (χ3v) is 9.35. The molecule has 0 spiro atoms. The Balaban J connectivity index is 0.00000441. The summed E-state index contributed by atoms with van der Waals surface area (Å²) in [5.74, 6) is 0.0751. The summed E-state index contributed by atoms with van der Waals surface area (Å²) in [6.45, 7) is 3.23. The fourth-order valence-corrected chi connectivity index (χ4v) is 6.61. The highest BCUT2D eigenvalue weighted by Gasteiger charge is 2.50. The van der Waals surface area contributed by atoms with Crippen LogP contribution >= 0.6 is 35.0 Å². The number of halogens is 3. The molecule has 3 aromatic rings. The number of hydrogen-bond donors (Lipinski definition) is 0. The molecule has 3 aromatic carbocycles. The van der Waals surface area contributed by atoms with Gasteiger partial charge in [0.05, 0.1) is 34.3 Å². The Kier molecular flexibility index (Phi) is 11.8. The average Bonchev–Trinajstić information content (AvgIpc) is 3.02. The van der Waals surface area contributed by atoms with Crippen LogP contribution in [0.3, 0.4) is 0 Å². The highest BCUT2D eigenvalue weighted by molar-refractivity contribution is 7.99. The molecule has 0 N–H and O–H groups in total. The molecular weight excluding hydrogens is 682 g/mol. The van der Waals surface area contributed by atoms with Crippen LogP contribution < -0.4 is 33.2 Å². The summed E-state index contributed by atoms with van der Waals surface area (Å²) in [5, 5.41) is 0.715. The zero-order valence-electron chi connectivity index (χ0n) is 22.9. The van der Waals surface area contributed by atoms with Crippen LogP contribution in [0.25, 0.3) is 0 Å². The topological polar surface area (TPSA) is 55.8 Å². The van der Waals surface area contributed by atoms with E-state index in [4.69, 9.17) is 32.7 Å². The van der Waals surface area contributed by atoms with Crippen molar-refractivity contribution in [3.8, 4) is 5.75 Å². The van der Waals surface area contributed by atoms with E-state index in [1.165, 1.54) is 6.92 Å². The van der Waals surface area contributed by atoms with Crippen LogP contribution in [0.4, 0.5) is 5.69 Å². The second kappa shape index (κ2) is 14.4. The number of likely N-dealkylation sites (N-methyl/N-ethyl adjacent to an activating group) is 2. The van der Waals surface area contributed by atoms with Crippen molar-refractivity contribution in [3.63, 3.8) is 0 Å². The molecule has 1 aliphatic heterocycles. The lowest BCUT2D eigenvalue weighted by molar-refractivity contribution is -0.157. The monoisotopic (exact) mass is 714 g/mol. The molecule has 1 heterocycles. The minimum atomic E-state index is -0.964. The number of benzene rings is 3. The molecule has 0 aliphatic carbocycles. The number of fused-ring (bicyclic) bond motifs is 1. The molecule has 214 valence electrons. The van der Waals surface area contributed by atoms with Crippen molar-refractivity contribution in [1.82, 2.24) is 9.38 Å². The number of nitrogens with zero attached hydrogens (tertiary/aromatic N) is 2. The molecule has 40 heavy (non-hydrogen) atoms. The third-order valence-electron chi connectivity index (χ3n) is 7.12. The van der Waals surface area contributed by atoms with E-state index >= 15 is 0 Å². The van der Waals surface area contributed by atoms with Crippen LogP contribution in [-0.4, -0.2) is 63.7 Å². The first-order valence-corrected chi connectivity index (χ1v) is 14.4. The second-order valence-electron chi connectivity index (χ2n) is 9.83. The third kappa shape index (κ3) is 7.33. The second-order valence-corrected chi connectivity index (χ2v) is 11.8. The van der Waals surface area contributed by atoms with Crippen molar-refractivity contribution in [1.29, 1.82) is 0 Å². The first-order valence-electron chi connectivity index (χ1n) is 12.7. The van der Waals surface area contributed by atoms with E-state index in [1.807, 2.05) is 74.8 Å². The van der Waals surface area contributed by atoms with Gasteiger partial charge in [-0.3, -0.25) is 4.79 Å². The number of esters is 1. The predicted octanol–water partition coefficient (Wildman–Crippen LogP) is 3.42. The van der Waals surface area contributed by atoms with Crippen molar-refractivity contribution in [3.05, 3.63) is 87.9 Å². The van der Waals surface area contributed by atoms with Crippen molar-refractivity contribution in [2.75, 3.05) is 40.8 Å². The summed E-state index contributed by atoms with van der Waals surface area (Å²) in [4.78, 5) is 29.7. The summed E-state index contributed by atoms with van der Waals surface area (Å²) in [5.41, 5.74) is 2.77. The van der Waals surface area contributed by atoms with Crippen molar-refractivity contribution < 1.29 is 43.0 Å². The van der Waals surface area contributed by atoms with Crippen LogP contribution in [0, 0.1) is 0 Å². The van der Waals surface area contributed by atoms with E-state index < -0.39 is 17.3 Å². The number of quaternary nitrogens is 1. The Labute approximate surface area is 267 Å². The number of amides is 1. The molecule has 0 aromatic heterocycles. The number of methoxy groups -OCH3 is 1. The fraction of sp³-hybridized carbons (Fsp3) is 0.333. The highest BCUT2D eigenvalue weighted by Crippen LogP contribution is 2.48. The minimum absolute atomic E-state index is 0. The van der Waals surface area contributed by atoms with Gasteiger partial charge in [-0.1, -0.05) is 59.6 Å². The van der Waals surface area contributed by atoms with Crippen molar-refractivity contribution >= 4 is 52.5 Å². The summed E-state index contributed by atoms with van der Waals surface area (Å²) in [6.07, 6.45) is -0.232. The van der Waals surface area contributed by atoms with Crippen LogP contribution in [-0.2, 0) is 20.7 Å². The lowest BCUT2D eigenvalue weighted by Crippen LogP contribution is -3.00. The Hall–Kier alpha value is -1.82. The van der Waals surface area contributed by atoms with Gasteiger partial charge in [0.25, 0.3) is 0 Å². The van der Waals surface area contributed by atoms with Gasteiger partial charge in [0.1, 0.15) is 12.3 Å². The number of para-hydroxylation sites is 1. The summed E-state index contributed by atoms with van der Waals surface area (Å²) in [7, 11) is 5.55. The van der Waals surface area contributed by atoms with Gasteiger partial charge in [-0.25, -0.2) is 9.28 Å². The molecule has 10 heteroatoms. The fourth-order valence-electron chi connectivity index (χ4n) is 4.79. The molecule has 0 fully saturated rings. The van der Waals surface area contributed by atoms with Crippen LogP contribution in [0.1, 0.15) is 23.3 Å². The first kappa shape index (κ1) is 32.7. The Morgan fingerprint density at radius 1 is 1.02 bits per heavy atom. The number of carbonyl (C=O) groups excluding carboxylic acids is 2. The van der Waals surface area contributed by atoms with Gasteiger partial charge in [-0.2, -0.15) is 0 Å². The largest absolute Gasteiger partial charge is 1.00 e. The van der Waals surface area contributed by atoms with Crippen LogP contribution in [0.15, 0.2) is 71.6 Å². The van der Waals surface area contributed by atoms with Gasteiger partial charge in [0, 0.05) is 26.1 Å². The first-order chi connectivity index (χ1) is 18.6. The van der Waals surface area contributed by atoms with E-state index in [1.54, 1.807) is 24.9 Å². The van der Waals surface area contributed by atoms with E-state index in [0.717, 1.165) is 40.4 Å².